The predicted molar refractivity (Wildman–Crippen MR) is 99.2 cm³/mol. The first kappa shape index (κ1) is 21.3. The van der Waals surface area contributed by atoms with Crippen LogP contribution in [0.2, 0.25) is 0 Å². The van der Waals surface area contributed by atoms with E-state index in [0.29, 0.717) is 7.14 Å². The highest BCUT2D eigenvalue weighted by atomic mass is 127. The van der Waals surface area contributed by atoms with Gasteiger partial charge in [0.15, 0.2) is 6.10 Å². The molecule has 24 heavy (non-hydrogen) atoms. The molecule has 0 aliphatic heterocycles. The smallest absolute Gasteiger partial charge is 0.378 e. The average Bonchev–Trinajstić information content (AvgIpc) is 2.47. The van der Waals surface area contributed by atoms with Crippen molar-refractivity contribution < 1.29 is 33.3 Å². The number of rotatable bonds is 7. The van der Waals surface area contributed by atoms with E-state index in [-0.39, 0.29) is 18.6 Å². The molecule has 2 N–H and O–H groups in total. The highest BCUT2D eigenvalue weighted by Crippen LogP contribution is 2.29. The quantitative estimate of drug-likeness (QED) is 0.387. The van der Waals surface area contributed by atoms with Gasteiger partial charge in [0.2, 0.25) is 0 Å². The van der Waals surface area contributed by atoms with E-state index in [9.17, 15) is 23.5 Å². The number of aliphatic carboxylic acids is 1. The fourth-order valence-corrected chi connectivity index (χ4v) is 3.86. The predicted octanol–water partition coefficient (Wildman–Crippen LogP) is 3.82. The van der Waals surface area contributed by atoms with Crippen molar-refractivity contribution in [2.45, 2.75) is 38.7 Å². The summed E-state index contributed by atoms with van der Waals surface area (Å²) in [5.74, 6) is -8.07. The Bertz CT molecular complexity index is 611. The van der Waals surface area contributed by atoms with Crippen LogP contribution >= 0.6 is 45.2 Å². The zero-order valence-electron chi connectivity index (χ0n) is 12.9. The molecule has 9 heteroatoms. The molecule has 1 rings (SSSR count). The normalized spacial score (nSPS) is 13.0. The maximum Gasteiger partial charge on any atom is 0.378 e. The van der Waals surface area contributed by atoms with Crippen LogP contribution in [0.5, 0.6) is 5.75 Å². The number of halogens is 4. The van der Waals surface area contributed by atoms with Crippen LogP contribution in [0, 0.1) is 13.1 Å². The van der Waals surface area contributed by atoms with E-state index in [1.807, 2.05) is 45.2 Å². The van der Waals surface area contributed by atoms with Gasteiger partial charge in [-0.2, -0.15) is 8.78 Å². The lowest BCUT2D eigenvalue weighted by molar-refractivity contribution is -0.199. The Morgan fingerprint density at radius 2 is 1.75 bits per heavy atom. The first-order chi connectivity index (χ1) is 11.0. The second kappa shape index (κ2) is 8.59. The largest absolute Gasteiger partial charge is 0.506 e. The summed E-state index contributed by atoms with van der Waals surface area (Å²) >= 11 is 3.89. The number of alkyl halides is 2. The van der Waals surface area contributed by atoms with E-state index in [4.69, 9.17) is 9.84 Å². The van der Waals surface area contributed by atoms with Gasteiger partial charge in [0, 0.05) is 6.42 Å². The van der Waals surface area contributed by atoms with E-state index in [1.54, 1.807) is 12.1 Å². The Balaban J connectivity index is 2.76. The van der Waals surface area contributed by atoms with Crippen molar-refractivity contribution in [1.82, 2.24) is 0 Å². The van der Waals surface area contributed by atoms with Gasteiger partial charge < -0.3 is 14.9 Å². The standard InChI is InChI=1S/C15H16F2I2O5/c1-7(2)13(15(16,17)14(22)23)24-11(20)4-3-8-5-9(18)12(21)10(19)6-8/h5-7,13,21H,3-4H2,1-2H3,(H,22,23). The molecule has 0 spiro atoms. The SMILES string of the molecule is CC(C)C(OC(=O)CCc1cc(I)c(O)c(I)c1)C(F)(F)C(=O)O. The van der Waals surface area contributed by atoms with Gasteiger partial charge in [-0.05, 0) is 75.2 Å². The molecule has 0 saturated heterocycles. The number of phenols is 1. The summed E-state index contributed by atoms with van der Waals surface area (Å²) in [5.41, 5.74) is 0.740. The van der Waals surface area contributed by atoms with Crippen LogP contribution in [-0.4, -0.2) is 34.2 Å². The van der Waals surface area contributed by atoms with Crippen molar-refractivity contribution in [3.8, 4) is 5.75 Å². The van der Waals surface area contributed by atoms with Crippen LogP contribution in [0.3, 0.4) is 0 Å². The molecule has 0 saturated carbocycles. The Hall–Kier alpha value is -0.720. The maximum absolute atomic E-state index is 13.6. The lowest BCUT2D eigenvalue weighted by atomic mass is 10.0. The summed E-state index contributed by atoms with van der Waals surface area (Å²) < 4.78 is 33.2. The molecule has 0 heterocycles. The van der Waals surface area contributed by atoms with Crippen molar-refractivity contribution in [3.63, 3.8) is 0 Å². The van der Waals surface area contributed by atoms with E-state index >= 15 is 0 Å². The summed E-state index contributed by atoms with van der Waals surface area (Å²) in [6.07, 6.45) is -1.97. The minimum atomic E-state index is -4.15. The van der Waals surface area contributed by atoms with Crippen LogP contribution in [0.15, 0.2) is 12.1 Å². The number of hydrogen-bond donors (Lipinski definition) is 2. The first-order valence-corrected chi connectivity index (χ1v) is 9.10. The molecule has 0 bridgehead atoms. The topological polar surface area (TPSA) is 83.8 Å². The molecule has 134 valence electrons. The number of carbonyl (C=O) groups is 2. The number of ether oxygens (including phenoxy) is 1. The zero-order chi connectivity index (χ0) is 18.7. The second-order valence-corrected chi connectivity index (χ2v) is 7.82. The summed E-state index contributed by atoms with van der Waals surface area (Å²) in [7, 11) is 0. The Morgan fingerprint density at radius 1 is 1.25 bits per heavy atom. The number of phenolic OH excluding ortho intramolecular Hbond substituents is 1. The highest BCUT2D eigenvalue weighted by molar-refractivity contribution is 14.1. The molecule has 0 fully saturated rings. The van der Waals surface area contributed by atoms with E-state index in [2.05, 4.69) is 0 Å². The molecular formula is C15H16F2I2O5. The van der Waals surface area contributed by atoms with Crippen LogP contribution < -0.4 is 0 Å². The average molecular weight is 568 g/mol. The van der Waals surface area contributed by atoms with Gasteiger partial charge in [0.1, 0.15) is 5.75 Å². The Kier molecular flexibility index (Phi) is 7.63. The molecular weight excluding hydrogens is 552 g/mol. The first-order valence-electron chi connectivity index (χ1n) is 6.94. The van der Waals surface area contributed by atoms with Crippen molar-refractivity contribution in [2.75, 3.05) is 0 Å². The zero-order valence-corrected chi connectivity index (χ0v) is 17.2. The van der Waals surface area contributed by atoms with Gasteiger partial charge in [-0.3, -0.25) is 4.79 Å². The number of hydrogen-bond acceptors (Lipinski definition) is 4. The molecule has 5 nitrogen and oxygen atoms in total. The van der Waals surface area contributed by atoms with Crippen molar-refractivity contribution >= 4 is 57.1 Å². The van der Waals surface area contributed by atoms with Crippen LogP contribution in [-0.2, 0) is 20.7 Å². The van der Waals surface area contributed by atoms with Crippen molar-refractivity contribution in [2.24, 2.45) is 5.92 Å². The minimum Gasteiger partial charge on any atom is -0.506 e. The highest BCUT2D eigenvalue weighted by Gasteiger charge is 2.51. The molecule has 1 aromatic carbocycles. The van der Waals surface area contributed by atoms with Gasteiger partial charge in [-0.25, -0.2) is 4.79 Å². The van der Waals surface area contributed by atoms with Crippen molar-refractivity contribution in [1.29, 1.82) is 0 Å². The van der Waals surface area contributed by atoms with Gasteiger partial charge in [-0.1, -0.05) is 13.8 Å². The van der Waals surface area contributed by atoms with Crippen LogP contribution in [0.1, 0.15) is 25.8 Å². The van der Waals surface area contributed by atoms with Crippen LogP contribution in [0.25, 0.3) is 0 Å². The number of carbonyl (C=O) groups excluding carboxylic acids is 1. The van der Waals surface area contributed by atoms with Gasteiger partial charge in [0.25, 0.3) is 0 Å². The van der Waals surface area contributed by atoms with E-state index in [1.165, 1.54) is 13.8 Å². The Morgan fingerprint density at radius 3 is 2.17 bits per heavy atom. The lowest BCUT2D eigenvalue weighted by Gasteiger charge is -2.26. The maximum atomic E-state index is 13.6. The second-order valence-electron chi connectivity index (χ2n) is 5.49. The number of benzene rings is 1. The molecule has 0 aromatic heterocycles. The molecule has 0 aliphatic carbocycles. The third-order valence-corrected chi connectivity index (χ3v) is 4.85. The summed E-state index contributed by atoms with van der Waals surface area (Å²) in [6, 6.07) is 3.36. The van der Waals surface area contributed by atoms with Gasteiger partial charge >= 0.3 is 17.9 Å². The third kappa shape index (κ3) is 5.39. The van der Waals surface area contributed by atoms with E-state index in [0.717, 1.165) is 5.56 Å². The van der Waals surface area contributed by atoms with Gasteiger partial charge in [0.05, 0.1) is 7.14 Å². The Labute approximate surface area is 165 Å². The minimum absolute atomic E-state index is 0.142. The number of carboxylic acid groups (broad SMARTS) is 1. The fraction of sp³-hybridized carbons (Fsp3) is 0.467. The number of aromatic hydroxyl groups is 1. The van der Waals surface area contributed by atoms with Gasteiger partial charge in [-0.15, -0.1) is 0 Å². The summed E-state index contributed by atoms with van der Waals surface area (Å²) in [4.78, 5) is 22.5. The third-order valence-electron chi connectivity index (χ3n) is 3.20. The fourth-order valence-electron chi connectivity index (χ4n) is 1.96. The van der Waals surface area contributed by atoms with Crippen LogP contribution in [0.4, 0.5) is 8.78 Å². The molecule has 0 aliphatic rings. The number of esters is 1. The monoisotopic (exact) mass is 568 g/mol. The number of aryl methyl sites for hydroxylation is 1. The van der Waals surface area contributed by atoms with E-state index < -0.39 is 29.9 Å². The van der Waals surface area contributed by atoms with Crippen molar-refractivity contribution in [3.05, 3.63) is 24.8 Å². The lowest BCUT2D eigenvalue weighted by Crippen LogP contribution is -2.47. The molecule has 1 unspecified atom stereocenters. The number of carboxylic acids is 1. The molecule has 0 amide bonds. The summed E-state index contributed by atoms with van der Waals surface area (Å²) in [5, 5.41) is 18.3. The molecule has 1 aromatic rings. The molecule has 1 atom stereocenters. The molecule has 0 radical (unpaired) electrons. The summed E-state index contributed by atoms with van der Waals surface area (Å²) in [6.45, 7) is 2.72.